The standard InChI is InChI=1S/C8H17NO.C3H9NO.2CO2.BI.ClH/c1-6-5-10-7(9-6)8(2,3)4;1-3(4)2-5;2*2-1-3;1-2;/h6-7,9H,5H2,1-4H3;3,5H,2,4H2,1H3;;;;1H/t6-,7?;3-;;;;/m00..../s1. The van der Waals surface area contributed by atoms with E-state index < -0.39 is 0 Å². The van der Waals surface area contributed by atoms with Gasteiger partial charge in [-0.15, -0.1) is 0 Å². The SMILES string of the molecule is C[C@H]([NH3+])CO.C[C@H]1COC(C(C)(C)C)N1.O=C=O.O=C=O.[B]I.[Cl-]. The molecule has 5 N–H and O–H groups in total. The molecule has 11 heteroatoms. The van der Waals surface area contributed by atoms with E-state index in [9.17, 15) is 0 Å². The van der Waals surface area contributed by atoms with Crippen LogP contribution in [0.5, 0.6) is 0 Å². The highest BCUT2D eigenvalue weighted by Crippen LogP contribution is 2.23. The molecule has 0 aromatic rings. The number of ether oxygens (including phenoxy) is 1. The number of aliphatic hydroxyl groups excluding tert-OH is 1. The first-order chi connectivity index (χ1) is 10.6. The molecule has 0 aliphatic carbocycles. The molecule has 1 heterocycles. The third kappa shape index (κ3) is 33.3. The van der Waals surface area contributed by atoms with Crippen LogP contribution in [-0.4, -0.2) is 54.6 Å². The Kier molecular flexibility index (Phi) is 36.3. The summed E-state index contributed by atoms with van der Waals surface area (Å²) in [5.74, 6) is 0. The van der Waals surface area contributed by atoms with E-state index in [-0.39, 0.29) is 49.0 Å². The van der Waals surface area contributed by atoms with E-state index in [1.165, 1.54) is 0 Å². The molecule has 8 nitrogen and oxygen atoms in total. The average molecular weight is 481 g/mol. The number of quaternary nitrogens is 1. The van der Waals surface area contributed by atoms with Gasteiger partial charge in [-0.25, -0.2) is 0 Å². The van der Waals surface area contributed by atoms with Crippen LogP contribution < -0.4 is 23.5 Å². The van der Waals surface area contributed by atoms with Crippen LogP contribution in [0.15, 0.2) is 0 Å². The maximum Gasteiger partial charge on any atom is 0.373 e. The summed E-state index contributed by atoms with van der Waals surface area (Å²) in [6.07, 6.45) is 0.738. The number of halogens is 2. The molecule has 0 spiro atoms. The van der Waals surface area contributed by atoms with Crippen molar-refractivity contribution in [2.24, 2.45) is 5.41 Å². The fraction of sp³-hybridized carbons (Fsp3) is 0.846. The maximum absolute atomic E-state index is 8.12. The lowest BCUT2D eigenvalue weighted by Gasteiger charge is -2.25. The van der Waals surface area contributed by atoms with Gasteiger partial charge in [-0.05, 0) is 13.8 Å². The minimum Gasteiger partial charge on any atom is -1.00 e. The Bertz CT molecular complexity index is 308. The first kappa shape index (κ1) is 34.9. The third-order valence-corrected chi connectivity index (χ3v) is 2.05. The first-order valence-electron chi connectivity index (χ1n) is 6.62. The van der Waals surface area contributed by atoms with E-state index in [2.05, 4.69) is 44.4 Å². The van der Waals surface area contributed by atoms with Crippen molar-refractivity contribution in [1.29, 1.82) is 0 Å². The number of hydrogen-bond donors (Lipinski definition) is 3. The molecule has 1 fully saturated rings. The predicted molar refractivity (Wildman–Crippen MR) is 91.0 cm³/mol. The summed E-state index contributed by atoms with van der Waals surface area (Å²) in [6.45, 7) is 11.6. The van der Waals surface area contributed by atoms with Gasteiger partial charge in [0.15, 0.2) is 5.70 Å². The number of hydrogen-bond acceptors (Lipinski definition) is 7. The highest BCUT2D eigenvalue weighted by Gasteiger charge is 2.31. The smallest absolute Gasteiger partial charge is 0.373 e. The van der Waals surface area contributed by atoms with E-state index >= 15 is 0 Å². The van der Waals surface area contributed by atoms with Gasteiger partial charge in [-0.3, -0.25) is 5.32 Å². The zero-order valence-corrected chi connectivity index (χ0v) is 17.6. The fourth-order valence-corrected chi connectivity index (χ4v) is 1.10. The van der Waals surface area contributed by atoms with E-state index in [1.807, 2.05) is 6.92 Å². The lowest BCUT2D eigenvalue weighted by atomic mass is 9.94. The van der Waals surface area contributed by atoms with Gasteiger partial charge in [0.05, 0.1) is 13.2 Å². The van der Waals surface area contributed by atoms with Gasteiger partial charge < -0.3 is 28.0 Å². The molecule has 0 aromatic carbocycles. The van der Waals surface area contributed by atoms with E-state index in [4.69, 9.17) is 29.0 Å². The Morgan fingerprint density at radius 3 is 1.67 bits per heavy atom. The van der Waals surface area contributed by atoms with Gasteiger partial charge in [0.25, 0.3) is 0 Å². The van der Waals surface area contributed by atoms with Crippen LogP contribution in [0, 0.1) is 5.41 Å². The maximum atomic E-state index is 8.12. The van der Waals surface area contributed by atoms with Crippen LogP contribution in [0.2, 0.25) is 0 Å². The Morgan fingerprint density at radius 1 is 1.29 bits per heavy atom. The van der Waals surface area contributed by atoms with Crippen molar-refractivity contribution in [2.45, 2.75) is 52.9 Å². The lowest BCUT2D eigenvalue weighted by molar-refractivity contribution is -0.419. The summed E-state index contributed by atoms with van der Waals surface area (Å²) >= 11 is 1.65. The van der Waals surface area contributed by atoms with E-state index in [0.29, 0.717) is 6.04 Å². The quantitative estimate of drug-likeness (QED) is 0.260. The van der Waals surface area contributed by atoms with Crippen molar-refractivity contribution in [2.75, 3.05) is 13.2 Å². The van der Waals surface area contributed by atoms with Crippen molar-refractivity contribution in [3.05, 3.63) is 0 Å². The topological polar surface area (TPSA) is 137 Å². The van der Waals surface area contributed by atoms with Crippen LogP contribution in [0.1, 0.15) is 34.6 Å². The van der Waals surface area contributed by atoms with Gasteiger partial charge >= 0.3 is 12.3 Å². The zero-order valence-electron chi connectivity index (χ0n) is 14.7. The van der Waals surface area contributed by atoms with Crippen LogP contribution in [0.4, 0.5) is 0 Å². The summed E-state index contributed by atoms with van der Waals surface area (Å²) in [5.41, 5.74) is 8.20. The number of aliphatic hydroxyl groups is 1. The molecule has 2 radical (unpaired) electrons. The Hall–Kier alpha value is -0.315. The van der Waals surface area contributed by atoms with E-state index in [0.717, 1.165) is 6.61 Å². The van der Waals surface area contributed by atoms with Crippen molar-refractivity contribution in [3.63, 3.8) is 0 Å². The summed E-state index contributed by atoms with van der Waals surface area (Å²) in [4.78, 5) is 32.5. The van der Waals surface area contributed by atoms with Crippen LogP contribution in [0.3, 0.4) is 0 Å². The summed E-state index contributed by atoms with van der Waals surface area (Å²) in [7, 11) is 0. The molecule has 24 heavy (non-hydrogen) atoms. The van der Waals surface area contributed by atoms with Crippen molar-refractivity contribution >= 4 is 40.4 Å². The molecule has 0 bridgehead atoms. The Labute approximate surface area is 164 Å². The predicted octanol–water partition coefficient (Wildman–Crippen LogP) is -3.68. The molecule has 3 atom stereocenters. The van der Waals surface area contributed by atoms with Gasteiger partial charge in [0.1, 0.15) is 12.3 Å². The van der Waals surface area contributed by atoms with E-state index in [1.54, 1.807) is 22.4 Å². The molecule has 1 aliphatic heterocycles. The molecule has 0 aromatic heterocycles. The Morgan fingerprint density at radius 2 is 1.58 bits per heavy atom. The molecule has 1 saturated heterocycles. The van der Waals surface area contributed by atoms with Crippen LogP contribution in [0.25, 0.3) is 0 Å². The molecule has 0 saturated carbocycles. The van der Waals surface area contributed by atoms with Crippen LogP contribution >= 0.6 is 22.4 Å². The molecule has 0 amide bonds. The summed E-state index contributed by atoms with van der Waals surface area (Å²) < 4.78 is 5.52. The van der Waals surface area contributed by atoms with Gasteiger partial charge in [-0.2, -0.15) is 41.6 Å². The number of rotatable bonds is 1. The highest BCUT2D eigenvalue weighted by molar-refractivity contribution is 14.1. The number of carbonyl (C=O) groups excluding carboxylic acids is 4. The van der Waals surface area contributed by atoms with Crippen LogP contribution in [-0.2, 0) is 23.9 Å². The zero-order chi connectivity index (χ0) is 19.5. The van der Waals surface area contributed by atoms with Gasteiger partial charge in [0.2, 0.25) is 0 Å². The summed E-state index contributed by atoms with van der Waals surface area (Å²) in [5, 5.41) is 11.5. The van der Waals surface area contributed by atoms with Crippen molar-refractivity contribution in [1.82, 2.24) is 5.32 Å². The van der Waals surface area contributed by atoms with Gasteiger partial charge in [-0.1, -0.05) is 20.8 Å². The van der Waals surface area contributed by atoms with Crippen molar-refractivity contribution in [3.8, 4) is 0 Å². The van der Waals surface area contributed by atoms with Gasteiger partial charge in [0, 0.05) is 11.5 Å². The molecular weight excluding hydrogens is 453 g/mol. The monoisotopic (exact) mass is 480 g/mol. The summed E-state index contributed by atoms with van der Waals surface area (Å²) in [6, 6.07) is 0.708. The molecule has 1 unspecified atom stereocenters. The fourth-order valence-electron chi connectivity index (χ4n) is 1.10. The molecule has 1 aliphatic rings. The second kappa shape index (κ2) is 24.9. The second-order valence-corrected chi connectivity index (χ2v) is 5.60. The molecule has 1 rings (SSSR count). The average Bonchev–Trinajstić information content (AvgIpc) is 2.90. The second-order valence-electron chi connectivity index (χ2n) is 5.60. The minimum absolute atomic E-state index is 0. The lowest BCUT2D eigenvalue weighted by Crippen LogP contribution is -3.00. The largest absolute Gasteiger partial charge is 1.00 e. The third-order valence-electron chi connectivity index (χ3n) is 2.05. The molecule has 142 valence electrons. The minimum atomic E-state index is 0. The highest BCUT2D eigenvalue weighted by atomic mass is 127. The first-order valence-corrected chi connectivity index (χ1v) is 7.87. The number of nitrogens with one attached hydrogen (secondary N) is 1. The Balaban J connectivity index is -0.0000000735. The van der Waals surface area contributed by atoms with Crippen molar-refractivity contribution < 1.29 is 47.2 Å². The normalized spacial score (nSPS) is 18.5. The molecular formula is C13H27BClIN2O6.